The van der Waals surface area contributed by atoms with E-state index in [1.54, 1.807) is 38.1 Å². The molecule has 0 aliphatic rings. The quantitative estimate of drug-likeness (QED) is 0.779. The predicted molar refractivity (Wildman–Crippen MR) is 77.0 cm³/mol. The third-order valence-electron chi connectivity index (χ3n) is 2.49. The summed E-state index contributed by atoms with van der Waals surface area (Å²) in [5.41, 5.74) is 0.903. The van der Waals surface area contributed by atoms with Gasteiger partial charge in [0, 0.05) is 23.3 Å². The molecule has 19 heavy (non-hydrogen) atoms. The molecule has 0 radical (unpaired) electrons. The molecule has 0 atom stereocenters. The summed E-state index contributed by atoms with van der Waals surface area (Å²) >= 11 is 0. The summed E-state index contributed by atoms with van der Waals surface area (Å²) in [4.78, 5) is 11.1. The Morgan fingerprint density at radius 3 is 2.16 bits per heavy atom. The highest BCUT2D eigenvalue weighted by Crippen LogP contribution is 2.12. The first-order valence-electron chi connectivity index (χ1n) is 5.93. The van der Waals surface area contributed by atoms with Crippen LogP contribution in [0.1, 0.15) is 31.1 Å². The first-order valence-corrected chi connectivity index (χ1v) is 7.82. The van der Waals surface area contributed by atoms with E-state index in [0.29, 0.717) is 12.1 Å². The van der Waals surface area contributed by atoms with Gasteiger partial charge in [-0.3, -0.25) is 4.79 Å². The van der Waals surface area contributed by atoms with Gasteiger partial charge in [0.05, 0.1) is 6.26 Å². The van der Waals surface area contributed by atoms with E-state index in [9.17, 15) is 13.2 Å². The van der Waals surface area contributed by atoms with Crippen LogP contribution in [0.25, 0.3) is 0 Å². The third-order valence-corrected chi connectivity index (χ3v) is 3.41. The van der Waals surface area contributed by atoms with E-state index in [4.69, 9.17) is 0 Å². The molecule has 1 aromatic carbocycles. The molecule has 0 aromatic heterocycles. The molecule has 6 heteroatoms. The Morgan fingerprint density at radius 1 is 1.21 bits per heavy atom. The molecule has 0 saturated heterocycles. The normalized spacial score (nSPS) is 12.2. The summed E-state index contributed by atoms with van der Waals surface area (Å²) in [6.07, 6.45) is 1.14. The van der Waals surface area contributed by atoms with Crippen LogP contribution in [0.5, 0.6) is 0 Å². The maximum Gasteiger partial charge on any atom is 0.209 e. The summed E-state index contributed by atoms with van der Waals surface area (Å²) in [5, 5.41) is 3.14. The molecule has 0 spiro atoms. The van der Waals surface area contributed by atoms with E-state index in [-0.39, 0.29) is 5.78 Å². The van der Waals surface area contributed by atoms with Crippen molar-refractivity contribution < 1.29 is 13.2 Å². The van der Waals surface area contributed by atoms with Gasteiger partial charge in [0.1, 0.15) is 0 Å². The van der Waals surface area contributed by atoms with Crippen molar-refractivity contribution in [3.8, 4) is 0 Å². The number of carbonyl (C=O) groups is 1. The lowest BCUT2D eigenvalue weighted by Crippen LogP contribution is -2.47. The van der Waals surface area contributed by atoms with E-state index in [2.05, 4.69) is 10.0 Å². The maximum atomic E-state index is 11.2. The van der Waals surface area contributed by atoms with Crippen molar-refractivity contribution in [1.82, 2.24) is 4.72 Å². The zero-order valence-electron chi connectivity index (χ0n) is 11.6. The second-order valence-corrected chi connectivity index (χ2v) is 6.99. The molecular weight excluding hydrogens is 264 g/mol. The Morgan fingerprint density at radius 2 is 1.74 bits per heavy atom. The number of hydrogen-bond donors (Lipinski definition) is 2. The Hall–Kier alpha value is -1.40. The highest BCUT2D eigenvalue weighted by molar-refractivity contribution is 7.88. The van der Waals surface area contributed by atoms with Crippen molar-refractivity contribution in [3.05, 3.63) is 29.8 Å². The van der Waals surface area contributed by atoms with Gasteiger partial charge in [-0.2, -0.15) is 0 Å². The third kappa shape index (κ3) is 5.85. The van der Waals surface area contributed by atoms with Gasteiger partial charge < -0.3 is 5.32 Å². The number of hydrogen-bond acceptors (Lipinski definition) is 4. The van der Waals surface area contributed by atoms with Crippen molar-refractivity contribution in [1.29, 1.82) is 0 Å². The lowest BCUT2D eigenvalue weighted by atomic mass is 10.1. The lowest BCUT2D eigenvalue weighted by molar-refractivity contribution is 0.101. The van der Waals surface area contributed by atoms with E-state index in [0.717, 1.165) is 11.9 Å². The van der Waals surface area contributed by atoms with Crippen LogP contribution in [0, 0.1) is 0 Å². The van der Waals surface area contributed by atoms with Crippen LogP contribution < -0.4 is 10.0 Å². The van der Waals surface area contributed by atoms with Crippen LogP contribution >= 0.6 is 0 Å². The van der Waals surface area contributed by atoms with E-state index in [1.807, 2.05) is 0 Å². The Labute approximate surface area is 114 Å². The van der Waals surface area contributed by atoms with Crippen molar-refractivity contribution in [2.24, 2.45) is 0 Å². The van der Waals surface area contributed by atoms with Crippen LogP contribution in [0.2, 0.25) is 0 Å². The molecule has 0 bridgehead atoms. The van der Waals surface area contributed by atoms with Crippen LogP contribution in [0.3, 0.4) is 0 Å². The first-order chi connectivity index (χ1) is 8.59. The van der Waals surface area contributed by atoms with Crippen LogP contribution in [0.15, 0.2) is 24.3 Å². The Bertz CT molecular complexity index is 548. The number of ketones is 1. The fourth-order valence-corrected chi connectivity index (χ4v) is 2.76. The van der Waals surface area contributed by atoms with Gasteiger partial charge >= 0.3 is 0 Å². The fourth-order valence-electron chi connectivity index (χ4n) is 1.68. The summed E-state index contributed by atoms with van der Waals surface area (Å²) < 4.78 is 25.0. The lowest BCUT2D eigenvalue weighted by Gasteiger charge is -2.25. The maximum absolute atomic E-state index is 11.2. The SMILES string of the molecule is CC(=O)c1ccc(NCC(C)(C)NS(C)(=O)=O)cc1. The van der Waals surface area contributed by atoms with Crippen LogP contribution in [0.4, 0.5) is 5.69 Å². The molecule has 106 valence electrons. The standard InChI is InChI=1S/C13H20N2O3S/c1-10(16)11-5-7-12(8-6-11)14-9-13(2,3)15-19(4,17)18/h5-8,14-15H,9H2,1-4H3. The van der Waals surface area contributed by atoms with Gasteiger partial charge in [-0.1, -0.05) is 0 Å². The minimum Gasteiger partial charge on any atom is -0.383 e. The van der Waals surface area contributed by atoms with E-state index < -0.39 is 15.6 Å². The average molecular weight is 284 g/mol. The summed E-state index contributed by atoms with van der Waals surface area (Å²) in [6, 6.07) is 7.07. The molecule has 0 fully saturated rings. The number of rotatable bonds is 6. The van der Waals surface area contributed by atoms with Crippen molar-refractivity contribution in [2.45, 2.75) is 26.3 Å². The van der Waals surface area contributed by atoms with Crippen LogP contribution in [-0.4, -0.2) is 32.5 Å². The minimum atomic E-state index is -3.24. The molecule has 0 aliphatic heterocycles. The number of sulfonamides is 1. The number of benzene rings is 1. The molecule has 1 aromatic rings. The number of nitrogens with one attached hydrogen (secondary N) is 2. The fraction of sp³-hybridized carbons (Fsp3) is 0.462. The zero-order valence-corrected chi connectivity index (χ0v) is 12.5. The average Bonchev–Trinajstić information content (AvgIpc) is 2.24. The van der Waals surface area contributed by atoms with Crippen molar-refractivity contribution in [2.75, 3.05) is 18.1 Å². The Kier molecular flexibility index (Phi) is 4.70. The highest BCUT2D eigenvalue weighted by Gasteiger charge is 2.21. The monoisotopic (exact) mass is 284 g/mol. The van der Waals surface area contributed by atoms with Crippen molar-refractivity contribution in [3.63, 3.8) is 0 Å². The minimum absolute atomic E-state index is 0.0191. The molecule has 0 saturated carbocycles. The van der Waals surface area contributed by atoms with Gasteiger partial charge in [0.2, 0.25) is 10.0 Å². The van der Waals surface area contributed by atoms with Gasteiger partial charge in [-0.05, 0) is 45.0 Å². The number of carbonyl (C=O) groups excluding carboxylic acids is 1. The molecule has 0 amide bonds. The summed E-state index contributed by atoms with van der Waals surface area (Å²) in [5.74, 6) is 0.0191. The van der Waals surface area contributed by atoms with Gasteiger partial charge in [0.15, 0.2) is 5.78 Å². The van der Waals surface area contributed by atoms with Gasteiger partial charge in [-0.15, -0.1) is 0 Å². The molecule has 0 heterocycles. The zero-order chi connectivity index (χ0) is 14.7. The van der Waals surface area contributed by atoms with Crippen molar-refractivity contribution >= 4 is 21.5 Å². The molecule has 5 nitrogen and oxygen atoms in total. The molecule has 0 unspecified atom stereocenters. The van der Waals surface area contributed by atoms with E-state index in [1.165, 1.54) is 6.92 Å². The second kappa shape index (κ2) is 5.71. The predicted octanol–water partition coefficient (Wildman–Crippen LogP) is 1.63. The van der Waals surface area contributed by atoms with Gasteiger partial charge in [0.25, 0.3) is 0 Å². The second-order valence-electron chi connectivity index (χ2n) is 5.25. The summed E-state index contributed by atoms with van der Waals surface area (Å²) in [7, 11) is -3.24. The smallest absolute Gasteiger partial charge is 0.209 e. The summed E-state index contributed by atoms with van der Waals surface area (Å²) in [6.45, 7) is 5.55. The number of Topliss-reactive ketones (excluding diaryl/α,β-unsaturated/α-hetero) is 1. The largest absolute Gasteiger partial charge is 0.383 e. The first kappa shape index (κ1) is 15.7. The van der Waals surface area contributed by atoms with Gasteiger partial charge in [-0.25, -0.2) is 13.1 Å². The van der Waals surface area contributed by atoms with E-state index >= 15 is 0 Å². The molecule has 2 N–H and O–H groups in total. The molecule has 1 rings (SSSR count). The number of anilines is 1. The Balaban J connectivity index is 2.64. The van der Waals surface area contributed by atoms with Crippen LogP contribution in [-0.2, 0) is 10.0 Å². The highest BCUT2D eigenvalue weighted by atomic mass is 32.2. The topological polar surface area (TPSA) is 75.3 Å². The molecular formula is C13H20N2O3S. The molecule has 0 aliphatic carbocycles.